The summed E-state index contributed by atoms with van der Waals surface area (Å²) in [6, 6.07) is 0.0153. The molecular formula is C17H32N4O2. The molecular weight excluding hydrogens is 292 g/mol. The summed E-state index contributed by atoms with van der Waals surface area (Å²) >= 11 is 0. The molecule has 2 rings (SSSR count). The van der Waals surface area contributed by atoms with E-state index in [1.54, 1.807) is 0 Å². The Bertz CT molecular complexity index is 405. The molecule has 0 aliphatic carbocycles. The third-order valence-electron chi connectivity index (χ3n) is 4.49. The van der Waals surface area contributed by atoms with Gasteiger partial charge in [-0.1, -0.05) is 0 Å². The van der Waals surface area contributed by atoms with Crippen LogP contribution in [0.5, 0.6) is 0 Å². The van der Waals surface area contributed by atoms with Gasteiger partial charge in [-0.2, -0.15) is 0 Å². The van der Waals surface area contributed by atoms with E-state index in [0.29, 0.717) is 6.42 Å². The molecule has 0 aromatic rings. The van der Waals surface area contributed by atoms with Crippen LogP contribution in [0.3, 0.4) is 0 Å². The van der Waals surface area contributed by atoms with Crippen LogP contribution in [0.2, 0.25) is 0 Å². The van der Waals surface area contributed by atoms with Gasteiger partial charge in [-0.15, -0.1) is 0 Å². The highest BCUT2D eigenvalue weighted by atomic mass is 16.2. The van der Waals surface area contributed by atoms with Crippen molar-refractivity contribution < 1.29 is 9.59 Å². The van der Waals surface area contributed by atoms with E-state index in [9.17, 15) is 9.59 Å². The van der Waals surface area contributed by atoms with Crippen LogP contribution in [0, 0.1) is 0 Å². The molecule has 0 spiro atoms. The summed E-state index contributed by atoms with van der Waals surface area (Å²) in [7, 11) is 0. The van der Waals surface area contributed by atoms with Crippen molar-refractivity contribution in [3.05, 3.63) is 0 Å². The van der Waals surface area contributed by atoms with Crippen LogP contribution in [0.15, 0.2) is 0 Å². The smallest absolute Gasteiger partial charge is 0.317 e. The van der Waals surface area contributed by atoms with E-state index in [2.05, 4.69) is 10.2 Å². The summed E-state index contributed by atoms with van der Waals surface area (Å²) in [6.45, 7) is 11.8. The van der Waals surface area contributed by atoms with Crippen LogP contribution in [-0.4, -0.2) is 78.0 Å². The zero-order chi connectivity index (χ0) is 16.9. The predicted molar refractivity (Wildman–Crippen MR) is 91.3 cm³/mol. The van der Waals surface area contributed by atoms with Crippen molar-refractivity contribution in [3.8, 4) is 0 Å². The lowest BCUT2D eigenvalue weighted by Gasteiger charge is -2.36. The van der Waals surface area contributed by atoms with Crippen molar-refractivity contribution in [2.75, 3.05) is 45.8 Å². The minimum atomic E-state index is -0.199. The number of rotatable bonds is 3. The first-order chi connectivity index (χ1) is 10.8. The maximum Gasteiger partial charge on any atom is 0.317 e. The van der Waals surface area contributed by atoms with Gasteiger partial charge >= 0.3 is 6.03 Å². The van der Waals surface area contributed by atoms with Gasteiger partial charge in [-0.3, -0.25) is 9.69 Å². The Morgan fingerprint density at radius 3 is 2.04 bits per heavy atom. The molecule has 6 heteroatoms. The van der Waals surface area contributed by atoms with Crippen LogP contribution in [0.1, 0.15) is 46.5 Å². The summed E-state index contributed by atoms with van der Waals surface area (Å²) in [5, 5.41) is 3.00. The molecule has 6 nitrogen and oxygen atoms in total. The Labute approximate surface area is 140 Å². The van der Waals surface area contributed by atoms with Gasteiger partial charge in [-0.25, -0.2) is 4.79 Å². The number of nitrogens with zero attached hydrogens (tertiary/aromatic N) is 3. The Morgan fingerprint density at radius 2 is 1.48 bits per heavy atom. The first-order valence-corrected chi connectivity index (χ1v) is 8.92. The third-order valence-corrected chi connectivity index (χ3v) is 4.49. The number of likely N-dealkylation sites (tertiary alicyclic amines) is 1. The SMILES string of the molecule is CC(C)(C)NC(=O)N1CCN(CCC(=O)N2CCCCC2)CC1. The van der Waals surface area contributed by atoms with Gasteiger partial charge in [0.05, 0.1) is 0 Å². The quantitative estimate of drug-likeness (QED) is 0.856. The number of hydrogen-bond donors (Lipinski definition) is 1. The molecule has 132 valence electrons. The molecule has 0 aromatic heterocycles. The number of piperidine rings is 1. The maximum atomic E-state index is 12.2. The fourth-order valence-electron chi connectivity index (χ4n) is 3.13. The molecule has 0 atom stereocenters. The highest BCUT2D eigenvalue weighted by Gasteiger charge is 2.24. The van der Waals surface area contributed by atoms with Crippen molar-refractivity contribution in [3.63, 3.8) is 0 Å². The largest absolute Gasteiger partial charge is 0.343 e. The molecule has 3 amide bonds. The third kappa shape index (κ3) is 6.01. The van der Waals surface area contributed by atoms with Gasteiger partial charge in [-0.05, 0) is 40.0 Å². The van der Waals surface area contributed by atoms with Crippen molar-refractivity contribution in [1.29, 1.82) is 0 Å². The molecule has 2 heterocycles. The highest BCUT2D eigenvalue weighted by molar-refractivity contribution is 5.76. The van der Waals surface area contributed by atoms with E-state index in [1.807, 2.05) is 30.6 Å². The predicted octanol–water partition coefficient (Wildman–Crippen LogP) is 1.51. The minimum absolute atomic E-state index is 0.0153. The maximum absolute atomic E-state index is 12.2. The van der Waals surface area contributed by atoms with Crippen LogP contribution in [0.25, 0.3) is 0 Å². The molecule has 0 aromatic carbocycles. The van der Waals surface area contributed by atoms with Gasteiger partial charge in [0, 0.05) is 57.8 Å². The molecule has 2 fully saturated rings. The van der Waals surface area contributed by atoms with E-state index < -0.39 is 0 Å². The van der Waals surface area contributed by atoms with E-state index in [-0.39, 0.29) is 17.5 Å². The van der Waals surface area contributed by atoms with Crippen molar-refractivity contribution in [2.24, 2.45) is 0 Å². The summed E-state index contributed by atoms with van der Waals surface area (Å²) in [6.07, 6.45) is 4.15. The lowest BCUT2D eigenvalue weighted by atomic mass is 10.1. The Kier molecular flexibility index (Phi) is 6.27. The number of carbonyl (C=O) groups is 2. The molecule has 0 radical (unpaired) electrons. The standard InChI is InChI=1S/C17H32N4O2/c1-17(2,3)18-16(23)21-13-11-19(12-14-21)10-7-15(22)20-8-5-4-6-9-20/h4-14H2,1-3H3,(H,18,23). The zero-order valence-electron chi connectivity index (χ0n) is 14.9. The molecule has 2 saturated heterocycles. The number of urea groups is 1. The number of nitrogens with one attached hydrogen (secondary N) is 1. The monoisotopic (exact) mass is 324 g/mol. The minimum Gasteiger partial charge on any atom is -0.343 e. The van der Waals surface area contributed by atoms with Crippen molar-refractivity contribution in [2.45, 2.75) is 52.0 Å². The molecule has 2 aliphatic heterocycles. The fourth-order valence-corrected chi connectivity index (χ4v) is 3.13. The van der Waals surface area contributed by atoms with E-state index >= 15 is 0 Å². The number of amides is 3. The van der Waals surface area contributed by atoms with Gasteiger partial charge in [0.15, 0.2) is 0 Å². The highest BCUT2D eigenvalue weighted by Crippen LogP contribution is 2.11. The van der Waals surface area contributed by atoms with Gasteiger partial charge in [0.1, 0.15) is 0 Å². The molecule has 2 aliphatic rings. The molecule has 1 N–H and O–H groups in total. The van der Waals surface area contributed by atoms with Crippen LogP contribution >= 0.6 is 0 Å². The van der Waals surface area contributed by atoms with E-state index in [1.165, 1.54) is 6.42 Å². The Balaban J connectivity index is 1.66. The average Bonchev–Trinajstić information content (AvgIpc) is 2.52. The number of carbonyl (C=O) groups excluding carboxylic acids is 2. The lowest BCUT2D eigenvalue weighted by molar-refractivity contribution is -0.132. The summed E-state index contributed by atoms with van der Waals surface area (Å²) in [5.41, 5.74) is -0.199. The zero-order valence-corrected chi connectivity index (χ0v) is 14.9. The average molecular weight is 324 g/mol. The Morgan fingerprint density at radius 1 is 0.870 bits per heavy atom. The summed E-state index contributed by atoms with van der Waals surface area (Å²) in [5.74, 6) is 0.289. The van der Waals surface area contributed by atoms with Crippen molar-refractivity contribution >= 4 is 11.9 Å². The second-order valence-electron chi connectivity index (χ2n) is 7.70. The van der Waals surface area contributed by atoms with Gasteiger partial charge in [0.25, 0.3) is 0 Å². The number of piperazine rings is 1. The topological polar surface area (TPSA) is 55.9 Å². The molecule has 0 saturated carbocycles. The molecule has 0 bridgehead atoms. The Hall–Kier alpha value is -1.30. The van der Waals surface area contributed by atoms with E-state index in [4.69, 9.17) is 0 Å². The van der Waals surface area contributed by atoms with Crippen molar-refractivity contribution in [1.82, 2.24) is 20.0 Å². The van der Waals surface area contributed by atoms with Gasteiger partial charge < -0.3 is 15.1 Å². The van der Waals surface area contributed by atoms with Gasteiger partial charge in [0.2, 0.25) is 5.91 Å². The number of hydrogen-bond acceptors (Lipinski definition) is 3. The molecule has 23 heavy (non-hydrogen) atoms. The second-order valence-corrected chi connectivity index (χ2v) is 7.70. The first-order valence-electron chi connectivity index (χ1n) is 8.92. The second kappa shape index (κ2) is 7.99. The first kappa shape index (κ1) is 18.0. The normalized spacial score (nSPS) is 20.5. The summed E-state index contributed by atoms with van der Waals surface area (Å²) < 4.78 is 0. The van der Waals surface area contributed by atoms with Crippen LogP contribution in [0.4, 0.5) is 4.79 Å². The lowest BCUT2D eigenvalue weighted by Crippen LogP contribution is -2.55. The van der Waals surface area contributed by atoms with Crippen LogP contribution < -0.4 is 5.32 Å². The molecule has 0 unspecified atom stereocenters. The fraction of sp³-hybridized carbons (Fsp3) is 0.882. The van der Waals surface area contributed by atoms with Crippen LogP contribution in [-0.2, 0) is 4.79 Å². The van der Waals surface area contributed by atoms with E-state index in [0.717, 1.165) is 58.7 Å². The summed E-state index contributed by atoms with van der Waals surface area (Å²) in [4.78, 5) is 30.5.